The van der Waals surface area contributed by atoms with E-state index in [2.05, 4.69) is 17.6 Å². The van der Waals surface area contributed by atoms with E-state index in [0.29, 0.717) is 5.69 Å². The molecule has 0 aliphatic heterocycles. The molecule has 0 aliphatic carbocycles. The molecule has 0 fully saturated rings. The zero-order valence-corrected chi connectivity index (χ0v) is 16.5. The van der Waals surface area contributed by atoms with Gasteiger partial charge in [-0.3, -0.25) is 14.4 Å². The Bertz CT molecular complexity index is 844. The highest BCUT2D eigenvalue weighted by atomic mass is 16.5. The molecule has 0 heterocycles. The Balaban J connectivity index is 1.70. The van der Waals surface area contributed by atoms with E-state index in [1.54, 1.807) is 12.1 Å². The second kappa shape index (κ2) is 10.3. The van der Waals surface area contributed by atoms with E-state index in [4.69, 9.17) is 4.74 Å². The summed E-state index contributed by atoms with van der Waals surface area (Å²) in [6.07, 6.45) is 0.824. The smallest absolute Gasteiger partial charge is 0.306 e. The zero-order chi connectivity index (χ0) is 20.5. The Hall–Kier alpha value is -3.15. The molecule has 0 aliphatic rings. The predicted molar refractivity (Wildman–Crippen MR) is 109 cm³/mol. The SMILES string of the molecule is CCc1ccc(NC(=O)COC(=O)CCC(=O)Nc2cc(C)ccc2C)cc1. The van der Waals surface area contributed by atoms with Crippen molar-refractivity contribution in [1.29, 1.82) is 0 Å². The fourth-order valence-electron chi connectivity index (χ4n) is 2.54. The van der Waals surface area contributed by atoms with Crippen molar-refractivity contribution in [2.24, 2.45) is 0 Å². The molecule has 2 aromatic carbocycles. The first kappa shape index (κ1) is 21.2. The minimum absolute atomic E-state index is 0.00762. The maximum Gasteiger partial charge on any atom is 0.306 e. The highest BCUT2D eigenvalue weighted by Gasteiger charge is 2.12. The van der Waals surface area contributed by atoms with Crippen LogP contribution in [0.1, 0.15) is 36.5 Å². The van der Waals surface area contributed by atoms with E-state index in [-0.39, 0.29) is 25.4 Å². The molecule has 28 heavy (non-hydrogen) atoms. The van der Waals surface area contributed by atoms with Crippen LogP contribution in [-0.4, -0.2) is 24.4 Å². The van der Waals surface area contributed by atoms with Crippen LogP contribution < -0.4 is 10.6 Å². The Labute approximate surface area is 165 Å². The molecule has 2 aromatic rings. The van der Waals surface area contributed by atoms with Crippen LogP contribution in [0.4, 0.5) is 11.4 Å². The second-order valence-electron chi connectivity index (χ2n) is 6.63. The van der Waals surface area contributed by atoms with Crippen molar-refractivity contribution in [3.05, 3.63) is 59.2 Å². The maximum absolute atomic E-state index is 12.0. The van der Waals surface area contributed by atoms with E-state index in [1.165, 1.54) is 5.56 Å². The first-order valence-corrected chi connectivity index (χ1v) is 9.29. The number of esters is 1. The fraction of sp³-hybridized carbons (Fsp3) is 0.318. The molecule has 2 rings (SSSR count). The number of hydrogen-bond acceptors (Lipinski definition) is 4. The van der Waals surface area contributed by atoms with Gasteiger partial charge in [-0.1, -0.05) is 31.2 Å². The van der Waals surface area contributed by atoms with Crippen molar-refractivity contribution in [2.45, 2.75) is 40.0 Å². The van der Waals surface area contributed by atoms with Crippen molar-refractivity contribution in [1.82, 2.24) is 0 Å². The molecule has 6 heteroatoms. The molecule has 0 unspecified atom stereocenters. The van der Waals surface area contributed by atoms with Crippen LogP contribution in [-0.2, 0) is 25.5 Å². The predicted octanol–water partition coefficient (Wildman–Crippen LogP) is 3.77. The van der Waals surface area contributed by atoms with Crippen molar-refractivity contribution in [2.75, 3.05) is 17.2 Å². The quantitative estimate of drug-likeness (QED) is 0.681. The Morgan fingerprint density at radius 2 is 1.61 bits per heavy atom. The molecule has 2 N–H and O–H groups in total. The number of hydrogen-bond donors (Lipinski definition) is 2. The van der Waals surface area contributed by atoms with Gasteiger partial charge in [0.2, 0.25) is 5.91 Å². The Morgan fingerprint density at radius 3 is 2.29 bits per heavy atom. The van der Waals surface area contributed by atoms with Gasteiger partial charge < -0.3 is 15.4 Å². The van der Waals surface area contributed by atoms with Crippen LogP contribution in [0.5, 0.6) is 0 Å². The summed E-state index contributed by atoms with van der Waals surface area (Å²) >= 11 is 0. The summed E-state index contributed by atoms with van der Waals surface area (Å²) in [4.78, 5) is 35.6. The summed E-state index contributed by atoms with van der Waals surface area (Å²) in [5, 5.41) is 5.45. The van der Waals surface area contributed by atoms with E-state index in [0.717, 1.165) is 23.2 Å². The van der Waals surface area contributed by atoms with Gasteiger partial charge in [0.1, 0.15) is 0 Å². The molecule has 6 nitrogen and oxygen atoms in total. The molecule has 0 atom stereocenters. The number of anilines is 2. The number of rotatable bonds is 8. The second-order valence-corrected chi connectivity index (χ2v) is 6.63. The van der Waals surface area contributed by atoms with Crippen LogP contribution in [0.3, 0.4) is 0 Å². The molecule has 0 radical (unpaired) electrons. The van der Waals surface area contributed by atoms with Gasteiger partial charge in [-0.2, -0.15) is 0 Å². The van der Waals surface area contributed by atoms with Crippen LogP contribution in [0.2, 0.25) is 0 Å². The number of nitrogens with one attached hydrogen (secondary N) is 2. The van der Waals surface area contributed by atoms with Gasteiger partial charge in [-0.05, 0) is 55.2 Å². The highest BCUT2D eigenvalue weighted by molar-refractivity contribution is 5.94. The van der Waals surface area contributed by atoms with Gasteiger partial charge in [0, 0.05) is 17.8 Å². The Kier molecular flexibility index (Phi) is 7.75. The first-order valence-electron chi connectivity index (χ1n) is 9.29. The summed E-state index contributed by atoms with van der Waals surface area (Å²) in [5.41, 5.74) is 4.53. The molecule has 148 valence electrons. The van der Waals surface area contributed by atoms with E-state index < -0.39 is 11.9 Å². The normalized spacial score (nSPS) is 10.2. The third kappa shape index (κ3) is 6.87. The summed E-state index contributed by atoms with van der Waals surface area (Å²) in [6.45, 7) is 5.51. The van der Waals surface area contributed by atoms with Crippen molar-refractivity contribution < 1.29 is 19.1 Å². The van der Waals surface area contributed by atoms with Gasteiger partial charge in [0.15, 0.2) is 6.61 Å². The van der Waals surface area contributed by atoms with E-state index >= 15 is 0 Å². The minimum Gasteiger partial charge on any atom is -0.456 e. The number of amides is 2. The average Bonchev–Trinajstić information content (AvgIpc) is 2.68. The fourth-order valence-corrected chi connectivity index (χ4v) is 2.54. The van der Waals surface area contributed by atoms with Gasteiger partial charge in [-0.15, -0.1) is 0 Å². The standard InChI is InChI=1S/C22H26N2O4/c1-4-17-7-9-18(10-8-17)23-21(26)14-28-22(27)12-11-20(25)24-19-13-15(2)5-6-16(19)3/h5-10,13H,4,11-12,14H2,1-3H3,(H,23,26)(H,24,25). The third-order valence-electron chi connectivity index (χ3n) is 4.23. The first-order chi connectivity index (χ1) is 13.4. The molecule has 2 amide bonds. The molecule has 0 saturated heterocycles. The van der Waals surface area contributed by atoms with Crippen molar-refractivity contribution in [3.8, 4) is 0 Å². The van der Waals surface area contributed by atoms with Gasteiger partial charge in [0.05, 0.1) is 6.42 Å². The summed E-state index contributed by atoms with van der Waals surface area (Å²) in [7, 11) is 0. The number of aryl methyl sites for hydroxylation is 3. The molecule has 0 saturated carbocycles. The Morgan fingerprint density at radius 1 is 0.893 bits per heavy atom. The molecule has 0 aromatic heterocycles. The van der Waals surface area contributed by atoms with Gasteiger partial charge >= 0.3 is 5.97 Å². The van der Waals surface area contributed by atoms with Crippen LogP contribution >= 0.6 is 0 Å². The number of benzene rings is 2. The minimum atomic E-state index is -0.590. The number of ether oxygens (including phenoxy) is 1. The zero-order valence-electron chi connectivity index (χ0n) is 16.5. The van der Waals surface area contributed by atoms with Crippen LogP contribution in [0.15, 0.2) is 42.5 Å². The van der Waals surface area contributed by atoms with E-state index in [1.807, 2.05) is 44.2 Å². The third-order valence-corrected chi connectivity index (χ3v) is 4.23. The summed E-state index contributed by atoms with van der Waals surface area (Å²) in [5.74, 6) is -1.28. The lowest BCUT2D eigenvalue weighted by molar-refractivity contribution is -0.147. The number of carbonyl (C=O) groups excluding carboxylic acids is 3. The van der Waals surface area contributed by atoms with Gasteiger partial charge in [0.25, 0.3) is 5.91 Å². The lowest BCUT2D eigenvalue weighted by Gasteiger charge is -2.09. The molecule has 0 bridgehead atoms. The average molecular weight is 382 g/mol. The van der Waals surface area contributed by atoms with Crippen molar-refractivity contribution in [3.63, 3.8) is 0 Å². The summed E-state index contributed by atoms with van der Waals surface area (Å²) < 4.78 is 4.93. The van der Waals surface area contributed by atoms with E-state index in [9.17, 15) is 14.4 Å². The monoisotopic (exact) mass is 382 g/mol. The van der Waals surface area contributed by atoms with Crippen LogP contribution in [0.25, 0.3) is 0 Å². The molecular formula is C22H26N2O4. The largest absolute Gasteiger partial charge is 0.456 e. The maximum atomic E-state index is 12.0. The highest BCUT2D eigenvalue weighted by Crippen LogP contribution is 2.16. The topological polar surface area (TPSA) is 84.5 Å². The molecular weight excluding hydrogens is 356 g/mol. The number of carbonyl (C=O) groups is 3. The van der Waals surface area contributed by atoms with Gasteiger partial charge in [-0.25, -0.2) is 0 Å². The lowest BCUT2D eigenvalue weighted by atomic mass is 10.1. The lowest BCUT2D eigenvalue weighted by Crippen LogP contribution is -2.21. The van der Waals surface area contributed by atoms with Crippen LogP contribution in [0, 0.1) is 13.8 Å². The van der Waals surface area contributed by atoms with Crippen molar-refractivity contribution >= 4 is 29.2 Å². The summed E-state index contributed by atoms with van der Waals surface area (Å²) in [6, 6.07) is 13.2. The molecule has 0 spiro atoms.